The van der Waals surface area contributed by atoms with Gasteiger partial charge in [-0.25, -0.2) is 18.2 Å². The van der Waals surface area contributed by atoms with Gasteiger partial charge < -0.3 is 24.8 Å². The number of pyridine rings is 2. The monoisotopic (exact) mass is 459 g/mol. The summed E-state index contributed by atoms with van der Waals surface area (Å²) in [5.74, 6) is -3.38. The molecule has 33 heavy (non-hydrogen) atoms. The summed E-state index contributed by atoms with van der Waals surface area (Å²) < 4.78 is 50.7. The summed E-state index contributed by atoms with van der Waals surface area (Å²) in [5, 5.41) is 6.51. The molecule has 2 aliphatic rings. The minimum Gasteiger partial charge on any atom is -0.480 e. The highest BCUT2D eigenvalue weighted by Crippen LogP contribution is 2.45. The van der Waals surface area contributed by atoms with Crippen molar-refractivity contribution in [2.45, 2.75) is 24.8 Å². The van der Waals surface area contributed by atoms with Crippen molar-refractivity contribution < 1.29 is 17.9 Å². The van der Waals surface area contributed by atoms with E-state index in [1.807, 2.05) is 0 Å². The van der Waals surface area contributed by atoms with E-state index in [-0.39, 0.29) is 23.0 Å². The van der Waals surface area contributed by atoms with Gasteiger partial charge in [0.25, 0.3) is 5.56 Å². The molecule has 174 valence electrons. The van der Waals surface area contributed by atoms with Crippen LogP contribution in [0.3, 0.4) is 0 Å². The van der Waals surface area contributed by atoms with Crippen LogP contribution in [0.4, 0.5) is 36.1 Å². The van der Waals surface area contributed by atoms with Gasteiger partial charge in [-0.15, -0.1) is 0 Å². The molecule has 1 fully saturated rings. The number of halogens is 3. The molecule has 0 spiro atoms. The van der Waals surface area contributed by atoms with Crippen LogP contribution in [0.2, 0.25) is 0 Å². The standard InChI is InChI=1S/C23H24F3N5O2/c1-30(2)18-9-16(15(24)10-27-18)28-13-6-7-17-14(8-13)19-20(22(32)31(17)3)33-11-23(25,26)21(29-19)12-4-5-12/h6-10,12,21,29H,4-5,11H2,1-3H3,(H,27,28). The molecular weight excluding hydrogens is 435 g/mol. The number of nitrogens with one attached hydrogen (secondary N) is 2. The second-order valence-corrected chi connectivity index (χ2v) is 8.85. The first-order valence-corrected chi connectivity index (χ1v) is 10.7. The quantitative estimate of drug-likeness (QED) is 0.612. The van der Waals surface area contributed by atoms with Crippen LogP contribution >= 0.6 is 0 Å². The Morgan fingerprint density at radius 2 is 2.03 bits per heavy atom. The number of nitrogens with zero attached hydrogens (tertiary/aromatic N) is 3. The molecule has 2 N–H and O–H groups in total. The maximum Gasteiger partial charge on any atom is 0.301 e. The molecule has 0 saturated heterocycles. The molecule has 2 aromatic heterocycles. The minimum atomic E-state index is -3.11. The fourth-order valence-electron chi connectivity index (χ4n) is 4.21. The van der Waals surface area contributed by atoms with E-state index >= 15 is 0 Å². The molecule has 3 heterocycles. The zero-order chi connectivity index (χ0) is 23.5. The summed E-state index contributed by atoms with van der Waals surface area (Å²) in [4.78, 5) is 18.7. The Hall–Kier alpha value is -3.43. The van der Waals surface area contributed by atoms with Crippen molar-refractivity contribution in [2.24, 2.45) is 13.0 Å². The van der Waals surface area contributed by atoms with Crippen molar-refractivity contribution in [2.75, 3.05) is 36.2 Å². The smallest absolute Gasteiger partial charge is 0.301 e. The predicted octanol–water partition coefficient (Wildman–Crippen LogP) is 4.10. The van der Waals surface area contributed by atoms with E-state index in [9.17, 15) is 18.0 Å². The molecule has 1 aromatic carbocycles. The van der Waals surface area contributed by atoms with Crippen LogP contribution in [-0.2, 0) is 7.05 Å². The number of benzene rings is 1. The first kappa shape index (κ1) is 21.4. The average Bonchev–Trinajstić information content (AvgIpc) is 3.61. The number of hydrogen-bond acceptors (Lipinski definition) is 6. The van der Waals surface area contributed by atoms with Gasteiger partial charge in [0, 0.05) is 38.3 Å². The zero-order valence-corrected chi connectivity index (χ0v) is 18.5. The molecule has 10 heteroatoms. The van der Waals surface area contributed by atoms with E-state index in [1.54, 1.807) is 50.3 Å². The Balaban J connectivity index is 1.62. The maximum absolute atomic E-state index is 14.8. The van der Waals surface area contributed by atoms with Gasteiger partial charge >= 0.3 is 5.92 Å². The first-order valence-electron chi connectivity index (χ1n) is 10.7. The molecule has 7 nitrogen and oxygen atoms in total. The van der Waals surface area contributed by atoms with Crippen LogP contribution in [0.1, 0.15) is 12.8 Å². The highest BCUT2D eigenvalue weighted by atomic mass is 19.3. The summed E-state index contributed by atoms with van der Waals surface area (Å²) in [6.45, 7) is -0.859. The summed E-state index contributed by atoms with van der Waals surface area (Å²) >= 11 is 0. The summed E-state index contributed by atoms with van der Waals surface area (Å²) in [5.41, 5.74) is 1.04. The molecule has 0 radical (unpaired) electrons. The van der Waals surface area contributed by atoms with Crippen molar-refractivity contribution >= 4 is 33.8 Å². The maximum atomic E-state index is 14.8. The summed E-state index contributed by atoms with van der Waals surface area (Å²) in [6, 6.07) is 5.56. The lowest BCUT2D eigenvalue weighted by Crippen LogP contribution is -2.44. The molecule has 5 rings (SSSR count). The van der Waals surface area contributed by atoms with Gasteiger partial charge in [-0.3, -0.25) is 4.79 Å². The van der Waals surface area contributed by atoms with Gasteiger partial charge in [0.15, 0.2) is 12.4 Å². The van der Waals surface area contributed by atoms with Gasteiger partial charge in [0.05, 0.1) is 29.1 Å². The molecular formula is C23H24F3N5O2. The van der Waals surface area contributed by atoms with Crippen LogP contribution in [0.25, 0.3) is 10.9 Å². The lowest BCUT2D eigenvalue weighted by Gasteiger charge is -2.25. The number of aromatic nitrogens is 2. The Kier molecular flexibility index (Phi) is 4.91. The second kappa shape index (κ2) is 7.57. The molecule has 1 saturated carbocycles. The number of alkyl halides is 2. The number of ether oxygens (including phenoxy) is 1. The molecule has 1 aliphatic carbocycles. The van der Waals surface area contributed by atoms with Crippen molar-refractivity contribution in [1.29, 1.82) is 0 Å². The van der Waals surface area contributed by atoms with Crippen molar-refractivity contribution in [1.82, 2.24) is 9.55 Å². The Labute approximate surface area is 188 Å². The number of fused-ring (bicyclic) bond motifs is 3. The first-order chi connectivity index (χ1) is 15.7. The normalized spacial score (nSPS) is 19.3. The average molecular weight is 459 g/mol. The Morgan fingerprint density at radius 3 is 2.73 bits per heavy atom. The van der Waals surface area contributed by atoms with E-state index in [2.05, 4.69) is 15.6 Å². The second-order valence-electron chi connectivity index (χ2n) is 8.85. The van der Waals surface area contributed by atoms with E-state index < -0.39 is 29.9 Å². The third-order valence-corrected chi connectivity index (χ3v) is 6.19. The number of rotatable bonds is 4. The third kappa shape index (κ3) is 3.73. The molecule has 0 bridgehead atoms. The van der Waals surface area contributed by atoms with Crippen LogP contribution in [0.15, 0.2) is 35.3 Å². The largest absolute Gasteiger partial charge is 0.480 e. The third-order valence-electron chi connectivity index (χ3n) is 6.19. The molecule has 0 amide bonds. The number of aryl methyl sites for hydroxylation is 1. The van der Waals surface area contributed by atoms with Crippen LogP contribution in [0, 0.1) is 11.7 Å². The predicted molar refractivity (Wildman–Crippen MR) is 122 cm³/mol. The van der Waals surface area contributed by atoms with Crippen molar-refractivity contribution in [3.63, 3.8) is 0 Å². The Bertz CT molecular complexity index is 1300. The van der Waals surface area contributed by atoms with E-state index in [4.69, 9.17) is 4.74 Å². The van der Waals surface area contributed by atoms with Crippen LogP contribution in [0.5, 0.6) is 5.75 Å². The van der Waals surface area contributed by atoms with Crippen molar-refractivity contribution in [3.05, 3.63) is 46.6 Å². The van der Waals surface area contributed by atoms with Gasteiger partial charge in [0.2, 0.25) is 5.75 Å². The molecule has 1 atom stereocenters. The Morgan fingerprint density at radius 1 is 1.27 bits per heavy atom. The summed E-state index contributed by atoms with van der Waals surface area (Å²) in [6.07, 6.45) is 2.54. The van der Waals surface area contributed by atoms with Gasteiger partial charge in [0.1, 0.15) is 5.82 Å². The van der Waals surface area contributed by atoms with E-state index in [0.717, 1.165) is 6.20 Å². The zero-order valence-electron chi connectivity index (χ0n) is 18.5. The highest BCUT2D eigenvalue weighted by molar-refractivity contribution is 5.97. The minimum absolute atomic E-state index is 0.130. The lowest BCUT2D eigenvalue weighted by molar-refractivity contribution is -0.0579. The van der Waals surface area contributed by atoms with Crippen LogP contribution < -0.4 is 25.8 Å². The highest BCUT2D eigenvalue weighted by Gasteiger charge is 2.51. The fraction of sp³-hybridized carbons (Fsp3) is 0.391. The topological polar surface area (TPSA) is 71.4 Å². The van der Waals surface area contributed by atoms with E-state index in [0.29, 0.717) is 35.2 Å². The summed E-state index contributed by atoms with van der Waals surface area (Å²) in [7, 11) is 5.16. The van der Waals surface area contributed by atoms with Crippen LogP contribution in [-0.4, -0.2) is 42.2 Å². The SMILES string of the molecule is CN(C)c1cc(Nc2ccc3c(c2)c2c(c(=O)n3C)OCC(F)(F)C(C3CC3)N2)c(F)cn1. The van der Waals surface area contributed by atoms with Gasteiger partial charge in [-0.2, -0.15) is 0 Å². The fourth-order valence-corrected chi connectivity index (χ4v) is 4.21. The molecule has 3 aromatic rings. The number of anilines is 4. The van der Waals surface area contributed by atoms with Gasteiger partial charge in [-0.1, -0.05) is 0 Å². The lowest BCUT2D eigenvalue weighted by atomic mass is 10.0. The molecule has 1 aliphatic heterocycles. The van der Waals surface area contributed by atoms with Gasteiger partial charge in [-0.05, 0) is 37.0 Å². The molecule has 1 unspecified atom stereocenters. The van der Waals surface area contributed by atoms with Crippen molar-refractivity contribution in [3.8, 4) is 5.75 Å². The number of hydrogen-bond donors (Lipinski definition) is 2. The van der Waals surface area contributed by atoms with E-state index in [1.165, 1.54) is 4.57 Å².